The molecule has 3 nitrogen and oxygen atoms in total. The van der Waals surface area contributed by atoms with Gasteiger partial charge in [-0.1, -0.05) is 0 Å². The lowest BCUT2D eigenvalue weighted by Crippen LogP contribution is -2.55. The molecule has 0 aromatic rings. The van der Waals surface area contributed by atoms with Gasteiger partial charge in [-0.05, 0) is 12.8 Å². The quantitative estimate of drug-likeness (QED) is 0.507. The summed E-state index contributed by atoms with van der Waals surface area (Å²) < 4.78 is 0. The lowest BCUT2D eigenvalue weighted by Gasteiger charge is -2.28. The van der Waals surface area contributed by atoms with Gasteiger partial charge in [0.1, 0.15) is 0 Å². The van der Waals surface area contributed by atoms with E-state index in [0.29, 0.717) is 6.04 Å². The standard InChI is InChI=1S/C7H14N2O.ClH/c10-7(1-2-7)6-5-8-3-4-9-6;/h6,8-10H,1-5H2;1H/t6-;/m0./s1. The third-order valence-electron chi connectivity index (χ3n) is 2.45. The number of aliphatic hydroxyl groups is 1. The molecule has 66 valence electrons. The van der Waals surface area contributed by atoms with Crippen molar-refractivity contribution in [2.45, 2.75) is 24.5 Å². The van der Waals surface area contributed by atoms with Crippen LogP contribution in [0.1, 0.15) is 12.8 Å². The summed E-state index contributed by atoms with van der Waals surface area (Å²) in [7, 11) is 0. The molecular weight excluding hydrogens is 164 g/mol. The maximum Gasteiger partial charge on any atom is 0.0814 e. The summed E-state index contributed by atoms with van der Waals surface area (Å²) in [5.74, 6) is 0. The Morgan fingerprint density at radius 3 is 2.45 bits per heavy atom. The predicted octanol–water partition coefficient (Wildman–Crippen LogP) is -0.505. The third-order valence-corrected chi connectivity index (χ3v) is 2.45. The molecule has 0 amide bonds. The number of halogens is 1. The van der Waals surface area contributed by atoms with Crippen molar-refractivity contribution in [3.63, 3.8) is 0 Å². The normalized spacial score (nSPS) is 34.1. The van der Waals surface area contributed by atoms with Crippen LogP contribution in [0.2, 0.25) is 0 Å². The van der Waals surface area contributed by atoms with E-state index >= 15 is 0 Å². The van der Waals surface area contributed by atoms with Gasteiger partial charge in [0.05, 0.1) is 5.60 Å². The molecule has 2 aliphatic rings. The van der Waals surface area contributed by atoms with Crippen molar-refractivity contribution in [1.82, 2.24) is 10.6 Å². The van der Waals surface area contributed by atoms with E-state index in [1.807, 2.05) is 0 Å². The van der Waals surface area contributed by atoms with Gasteiger partial charge in [0.25, 0.3) is 0 Å². The maximum absolute atomic E-state index is 9.65. The Morgan fingerprint density at radius 2 is 2.00 bits per heavy atom. The first-order valence-electron chi connectivity index (χ1n) is 3.98. The monoisotopic (exact) mass is 178 g/mol. The lowest BCUT2D eigenvalue weighted by atomic mass is 10.1. The van der Waals surface area contributed by atoms with E-state index in [0.717, 1.165) is 32.5 Å². The molecule has 2 rings (SSSR count). The highest BCUT2D eigenvalue weighted by atomic mass is 35.5. The molecule has 0 bridgehead atoms. The van der Waals surface area contributed by atoms with Gasteiger partial charge in [0.2, 0.25) is 0 Å². The largest absolute Gasteiger partial charge is 0.388 e. The Labute approximate surface area is 73.0 Å². The van der Waals surface area contributed by atoms with Crippen LogP contribution in [0.4, 0.5) is 0 Å². The summed E-state index contributed by atoms with van der Waals surface area (Å²) in [5, 5.41) is 16.2. The lowest BCUT2D eigenvalue weighted by molar-refractivity contribution is 0.0949. The Kier molecular flexibility index (Phi) is 2.75. The van der Waals surface area contributed by atoms with Gasteiger partial charge in [-0.15, -0.1) is 12.4 Å². The van der Waals surface area contributed by atoms with Crippen LogP contribution < -0.4 is 10.6 Å². The topological polar surface area (TPSA) is 44.3 Å². The van der Waals surface area contributed by atoms with E-state index in [-0.39, 0.29) is 18.0 Å². The number of hydrogen-bond donors (Lipinski definition) is 3. The zero-order valence-electron chi connectivity index (χ0n) is 6.47. The summed E-state index contributed by atoms with van der Waals surface area (Å²) in [5.41, 5.74) is -0.354. The zero-order valence-corrected chi connectivity index (χ0v) is 7.28. The van der Waals surface area contributed by atoms with Crippen LogP contribution in [0.3, 0.4) is 0 Å². The molecule has 1 saturated heterocycles. The minimum atomic E-state index is -0.354. The van der Waals surface area contributed by atoms with Gasteiger partial charge in [-0.25, -0.2) is 0 Å². The summed E-state index contributed by atoms with van der Waals surface area (Å²) in [6, 6.07) is 0.307. The third kappa shape index (κ3) is 1.85. The van der Waals surface area contributed by atoms with Crippen molar-refractivity contribution in [3.05, 3.63) is 0 Å². The van der Waals surface area contributed by atoms with E-state index in [2.05, 4.69) is 10.6 Å². The van der Waals surface area contributed by atoms with Crippen LogP contribution in [-0.4, -0.2) is 36.4 Å². The van der Waals surface area contributed by atoms with Gasteiger partial charge >= 0.3 is 0 Å². The second-order valence-corrected chi connectivity index (χ2v) is 3.31. The molecule has 11 heavy (non-hydrogen) atoms. The van der Waals surface area contributed by atoms with Gasteiger partial charge in [-0.3, -0.25) is 0 Å². The first kappa shape index (κ1) is 9.26. The van der Waals surface area contributed by atoms with Crippen LogP contribution in [-0.2, 0) is 0 Å². The molecule has 4 heteroatoms. The maximum atomic E-state index is 9.65. The van der Waals surface area contributed by atoms with E-state index in [9.17, 15) is 5.11 Å². The fourth-order valence-corrected chi connectivity index (χ4v) is 1.51. The molecule has 1 atom stereocenters. The highest BCUT2D eigenvalue weighted by molar-refractivity contribution is 5.85. The van der Waals surface area contributed by atoms with Gasteiger partial charge in [0, 0.05) is 25.7 Å². The molecule has 1 aliphatic carbocycles. The highest BCUT2D eigenvalue weighted by Crippen LogP contribution is 2.38. The van der Waals surface area contributed by atoms with Crippen molar-refractivity contribution in [2.75, 3.05) is 19.6 Å². The number of hydrogen-bond acceptors (Lipinski definition) is 3. The highest BCUT2D eigenvalue weighted by Gasteiger charge is 2.47. The average Bonchev–Trinajstić information content (AvgIpc) is 2.72. The van der Waals surface area contributed by atoms with E-state index in [1.165, 1.54) is 0 Å². The second-order valence-electron chi connectivity index (χ2n) is 3.31. The molecule has 1 saturated carbocycles. The van der Waals surface area contributed by atoms with Crippen molar-refractivity contribution in [1.29, 1.82) is 0 Å². The van der Waals surface area contributed by atoms with E-state index in [4.69, 9.17) is 0 Å². The summed E-state index contributed by atoms with van der Waals surface area (Å²) >= 11 is 0. The number of nitrogens with one attached hydrogen (secondary N) is 2. The summed E-state index contributed by atoms with van der Waals surface area (Å²) in [4.78, 5) is 0. The molecule has 0 aromatic heterocycles. The second kappa shape index (κ2) is 3.27. The average molecular weight is 179 g/mol. The van der Waals surface area contributed by atoms with Crippen molar-refractivity contribution >= 4 is 12.4 Å². The van der Waals surface area contributed by atoms with Crippen LogP contribution in [0.15, 0.2) is 0 Å². The smallest absolute Gasteiger partial charge is 0.0814 e. The van der Waals surface area contributed by atoms with Crippen LogP contribution in [0.25, 0.3) is 0 Å². The molecule has 0 aromatic carbocycles. The van der Waals surface area contributed by atoms with Crippen LogP contribution in [0.5, 0.6) is 0 Å². The van der Waals surface area contributed by atoms with Gasteiger partial charge < -0.3 is 15.7 Å². The molecular formula is C7H15ClN2O. The Balaban J connectivity index is 0.000000605. The molecule has 0 spiro atoms. The Morgan fingerprint density at radius 1 is 1.27 bits per heavy atom. The van der Waals surface area contributed by atoms with Crippen LogP contribution in [0, 0.1) is 0 Å². The minimum Gasteiger partial charge on any atom is -0.388 e. The molecule has 1 heterocycles. The summed E-state index contributed by atoms with van der Waals surface area (Å²) in [6.07, 6.45) is 1.96. The first-order valence-corrected chi connectivity index (χ1v) is 3.98. The minimum absolute atomic E-state index is 0. The van der Waals surface area contributed by atoms with E-state index < -0.39 is 0 Å². The van der Waals surface area contributed by atoms with Gasteiger partial charge in [-0.2, -0.15) is 0 Å². The van der Waals surface area contributed by atoms with E-state index in [1.54, 1.807) is 0 Å². The molecule has 2 fully saturated rings. The Hall–Kier alpha value is 0.170. The zero-order chi connectivity index (χ0) is 7.03. The SMILES string of the molecule is Cl.OC1([C@@H]2CNCCN2)CC1. The summed E-state index contributed by atoms with van der Waals surface area (Å²) in [6.45, 7) is 2.95. The Bertz CT molecular complexity index is 132. The number of piperazine rings is 1. The number of rotatable bonds is 1. The molecule has 0 radical (unpaired) electrons. The van der Waals surface area contributed by atoms with Crippen molar-refractivity contribution in [3.8, 4) is 0 Å². The van der Waals surface area contributed by atoms with Crippen molar-refractivity contribution in [2.24, 2.45) is 0 Å². The molecule has 0 unspecified atom stereocenters. The fourth-order valence-electron chi connectivity index (χ4n) is 1.51. The molecule has 3 N–H and O–H groups in total. The van der Waals surface area contributed by atoms with Crippen molar-refractivity contribution < 1.29 is 5.11 Å². The first-order chi connectivity index (χ1) is 4.81. The predicted molar refractivity (Wildman–Crippen MR) is 46.1 cm³/mol. The van der Waals surface area contributed by atoms with Crippen LogP contribution >= 0.6 is 12.4 Å². The van der Waals surface area contributed by atoms with Gasteiger partial charge in [0.15, 0.2) is 0 Å². The fraction of sp³-hybridized carbons (Fsp3) is 1.00. The molecule has 1 aliphatic heterocycles.